The Hall–Kier alpha value is -1.98. The molecule has 0 saturated heterocycles. The second-order valence-corrected chi connectivity index (χ2v) is 7.18. The summed E-state index contributed by atoms with van der Waals surface area (Å²) in [5.41, 5.74) is 3.25. The summed E-state index contributed by atoms with van der Waals surface area (Å²) in [6.45, 7) is 4.17. The van der Waals surface area contributed by atoms with Gasteiger partial charge in [0.1, 0.15) is 16.9 Å². The molecule has 0 radical (unpaired) electrons. The predicted molar refractivity (Wildman–Crippen MR) is 91.3 cm³/mol. The van der Waals surface area contributed by atoms with Crippen LogP contribution in [0.5, 0.6) is 11.6 Å². The Balaban J connectivity index is 1.82. The number of aliphatic hydroxyl groups is 1. The standard InChI is InChI=1S/C18H18N2O2S/c1-10-11(2)23-18-16(10)17(19-9-20-18)22-15-8-4-5-12-13(15)6-3-7-14(12)21/h4-5,8-9,14,21H,3,6-7H2,1-2H3/t14-/m1/s1. The zero-order valence-electron chi connectivity index (χ0n) is 13.2. The molecule has 5 heteroatoms. The highest BCUT2D eigenvalue weighted by molar-refractivity contribution is 7.18. The molecule has 1 aliphatic rings. The number of nitrogens with zero attached hydrogens (tertiary/aromatic N) is 2. The van der Waals surface area contributed by atoms with Crippen molar-refractivity contribution in [2.75, 3.05) is 0 Å². The normalized spacial score (nSPS) is 17.3. The number of rotatable bonds is 2. The van der Waals surface area contributed by atoms with Crippen molar-refractivity contribution in [2.45, 2.75) is 39.2 Å². The van der Waals surface area contributed by atoms with E-state index in [2.05, 4.69) is 23.8 Å². The topological polar surface area (TPSA) is 55.2 Å². The van der Waals surface area contributed by atoms with E-state index in [9.17, 15) is 5.11 Å². The van der Waals surface area contributed by atoms with Crippen molar-refractivity contribution in [3.05, 3.63) is 46.1 Å². The molecule has 2 heterocycles. The Labute approximate surface area is 138 Å². The molecule has 0 bridgehead atoms. The van der Waals surface area contributed by atoms with E-state index in [1.54, 1.807) is 17.7 Å². The van der Waals surface area contributed by atoms with E-state index in [1.807, 2.05) is 18.2 Å². The van der Waals surface area contributed by atoms with E-state index in [4.69, 9.17) is 4.74 Å². The molecule has 1 atom stereocenters. The third-order valence-electron chi connectivity index (χ3n) is 4.57. The van der Waals surface area contributed by atoms with Crippen LogP contribution in [0, 0.1) is 13.8 Å². The minimum atomic E-state index is -0.391. The molecule has 1 aliphatic carbocycles. The molecule has 0 unspecified atom stereocenters. The molecular formula is C18H18N2O2S. The highest BCUT2D eigenvalue weighted by atomic mass is 32.1. The quantitative estimate of drug-likeness (QED) is 0.755. The van der Waals surface area contributed by atoms with Gasteiger partial charge >= 0.3 is 0 Å². The van der Waals surface area contributed by atoms with Crippen molar-refractivity contribution in [2.24, 2.45) is 0 Å². The first kappa shape index (κ1) is 14.6. The number of benzene rings is 1. The van der Waals surface area contributed by atoms with Gasteiger partial charge in [-0.2, -0.15) is 0 Å². The van der Waals surface area contributed by atoms with Crippen LogP contribution in [0.1, 0.15) is 40.5 Å². The van der Waals surface area contributed by atoms with Crippen LogP contribution in [0.4, 0.5) is 0 Å². The molecule has 4 nitrogen and oxygen atoms in total. The van der Waals surface area contributed by atoms with Crippen LogP contribution in [-0.2, 0) is 6.42 Å². The molecule has 1 N–H and O–H groups in total. The summed E-state index contributed by atoms with van der Waals surface area (Å²) in [6, 6.07) is 5.88. The van der Waals surface area contributed by atoms with E-state index < -0.39 is 6.10 Å². The van der Waals surface area contributed by atoms with Crippen LogP contribution in [0.15, 0.2) is 24.5 Å². The molecule has 0 saturated carbocycles. The van der Waals surface area contributed by atoms with E-state index in [-0.39, 0.29) is 0 Å². The summed E-state index contributed by atoms with van der Waals surface area (Å²) in [4.78, 5) is 10.9. The van der Waals surface area contributed by atoms with E-state index >= 15 is 0 Å². The van der Waals surface area contributed by atoms with Crippen molar-refractivity contribution in [3.63, 3.8) is 0 Å². The molecule has 0 spiro atoms. The SMILES string of the molecule is Cc1sc2ncnc(Oc3cccc4c3CCC[C@H]4O)c2c1C. The lowest BCUT2D eigenvalue weighted by Gasteiger charge is -2.23. The smallest absolute Gasteiger partial charge is 0.231 e. The van der Waals surface area contributed by atoms with Crippen LogP contribution in [0.25, 0.3) is 10.2 Å². The number of ether oxygens (including phenoxy) is 1. The monoisotopic (exact) mass is 326 g/mol. The van der Waals surface area contributed by atoms with Gasteiger partial charge in [-0.3, -0.25) is 0 Å². The molecule has 118 valence electrons. The van der Waals surface area contributed by atoms with E-state index in [0.717, 1.165) is 46.4 Å². The van der Waals surface area contributed by atoms with Gasteiger partial charge in [-0.15, -0.1) is 11.3 Å². The maximum absolute atomic E-state index is 10.2. The van der Waals surface area contributed by atoms with E-state index in [0.29, 0.717) is 5.88 Å². The van der Waals surface area contributed by atoms with Gasteiger partial charge in [0.15, 0.2) is 0 Å². The van der Waals surface area contributed by atoms with Gasteiger partial charge < -0.3 is 9.84 Å². The zero-order chi connectivity index (χ0) is 16.0. The fraction of sp³-hybridized carbons (Fsp3) is 0.333. The Kier molecular flexibility index (Phi) is 3.54. The lowest BCUT2D eigenvalue weighted by molar-refractivity contribution is 0.156. The second kappa shape index (κ2) is 5.58. The second-order valence-electron chi connectivity index (χ2n) is 5.98. The van der Waals surface area contributed by atoms with Gasteiger partial charge in [0.05, 0.1) is 11.5 Å². The van der Waals surface area contributed by atoms with Crippen molar-refractivity contribution >= 4 is 21.6 Å². The molecular weight excluding hydrogens is 308 g/mol. The van der Waals surface area contributed by atoms with Crippen molar-refractivity contribution in [1.82, 2.24) is 9.97 Å². The summed E-state index contributed by atoms with van der Waals surface area (Å²) in [6.07, 6.45) is 3.88. The highest BCUT2D eigenvalue weighted by Crippen LogP contribution is 2.40. The largest absolute Gasteiger partial charge is 0.438 e. The maximum atomic E-state index is 10.2. The first-order valence-electron chi connectivity index (χ1n) is 7.83. The molecule has 0 amide bonds. The molecule has 0 fully saturated rings. The predicted octanol–water partition coefficient (Wildman–Crippen LogP) is 4.47. The number of fused-ring (bicyclic) bond motifs is 2. The molecule has 0 aliphatic heterocycles. The highest BCUT2D eigenvalue weighted by Gasteiger charge is 2.22. The van der Waals surface area contributed by atoms with Gasteiger partial charge in [-0.05, 0) is 50.3 Å². The summed E-state index contributed by atoms with van der Waals surface area (Å²) < 4.78 is 6.18. The lowest BCUT2D eigenvalue weighted by Crippen LogP contribution is -2.10. The first-order chi connectivity index (χ1) is 11.1. The molecule has 2 aromatic heterocycles. The number of aryl methyl sites for hydroxylation is 2. The fourth-order valence-electron chi connectivity index (χ4n) is 3.22. The van der Waals surface area contributed by atoms with Crippen LogP contribution in [0.2, 0.25) is 0 Å². The minimum Gasteiger partial charge on any atom is -0.438 e. The number of aliphatic hydroxyl groups excluding tert-OH is 1. The minimum absolute atomic E-state index is 0.391. The van der Waals surface area contributed by atoms with Crippen LogP contribution in [-0.4, -0.2) is 15.1 Å². The Morgan fingerprint density at radius 2 is 2.13 bits per heavy atom. The Bertz CT molecular complexity index is 888. The average molecular weight is 326 g/mol. The summed E-state index contributed by atoms with van der Waals surface area (Å²) in [5, 5.41) is 11.2. The number of aromatic nitrogens is 2. The maximum Gasteiger partial charge on any atom is 0.231 e. The van der Waals surface area contributed by atoms with Gasteiger partial charge in [-0.1, -0.05) is 12.1 Å². The van der Waals surface area contributed by atoms with Gasteiger partial charge in [0.2, 0.25) is 5.88 Å². The third kappa shape index (κ3) is 2.40. The summed E-state index contributed by atoms with van der Waals surface area (Å²) in [7, 11) is 0. The summed E-state index contributed by atoms with van der Waals surface area (Å²) in [5.74, 6) is 1.40. The Morgan fingerprint density at radius 1 is 1.26 bits per heavy atom. The van der Waals surface area contributed by atoms with Crippen LogP contribution in [0.3, 0.4) is 0 Å². The average Bonchev–Trinajstić information content (AvgIpc) is 2.84. The molecule has 4 rings (SSSR count). The van der Waals surface area contributed by atoms with Crippen molar-refractivity contribution in [3.8, 4) is 11.6 Å². The van der Waals surface area contributed by atoms with Gasteiger partial charge in [0, 0.05) is 10.4 Å². The molecule has 1 aromatic carbocycles. The first-order valence-corrected chi connectivity index (χ1v) is 8.65. The summed E-state index contributed by atoms with van der Waals surface area (Å²) >= 11 is 1.66. The van der Waals surface area contributed by atoms with Gasteiger partial charge in [-0.25, -0.2) is 9.97 Å². The third-order valence-corrected chi connectivity index (χ3v) is 5.69. The van der Waals surface area contributed by atoms with Crippen molar-refractivity contribution < 1.29 is 9.84 Å². The molecule has 23 heavy (non-hydrogen) atoms. The zero-order valence-corrected chi connectivity index (χ0v) is 14.0. The van der Waals surface area contributed by atoms with E-state index in [1.165, 1.54) is 10.4 Å². The lowest BCUT2D eigenvalue weighted by atomic mass is 9.89. The molecule has 3 aromatic rings. The van der Waals surface area contributed by atoms with Crippen LogP contribution >= 0.6 is 11.3 Å². The van der Waals surface area contributed by atoms with Gasteiger partial charge in [0.25, 0.3) is 0 Å². The number of hydrogen-bond donors (Lipinski definition) is 1. The van der Waals surface area contributed by atoms with Crippen molar-refractivity contribution in [1.29, 1.82) is 0 Å². The van der Waals surface area contributed by atoms with Crippen LogP contribution < -0.4 is 4.74 Å². The number of hydrogen-bond acceptors (Lipinski definition) is 5. The fourth-order valence-corrected chi connectivity index (χ4v) is 4.20. The number of thiophene rings is 1. The Morgan fingerprint density at radius 3 is 3.00 bits per heavy atom.